The van der Waals surface area contributed by atoms with Crippen molar-refractivity contribution in [1.29, 1.82) is 0 Å². The molecule has 1 amide bonds. The zero-order valence-electron chi connectivity index (χ0n) is 8.31. The van der Waals surface area contributed by atoms with Gasteiger partial charge in [-0.1, -0.05) is 17.3 Å². The van der Waals surface area contributed by atoms with Crippen LogP contribution >= 0.6 is 0 Å². The van der Waals surface area contributed by atoms with Crippen LogP contribution in [0.15, 0.2) is 41.1 Å². The van der Waals surface area contributed by atoms with Crippen LogP contribution in [-0.2, 0) is 0 Å². The number of carbonyl (C=O) groups excluding carboxylic acids is 1. The molecule has 0 atom stereocenters. The van der Waals surface area contributed by atoms with Crippen LogP contribution in [0.4, 0.5) is 11.5 Å². The molecule has 1 heterocycles. The third-order valence-electron chi connectivity index (χ3n) is 2.01. The summed E-state index contributed by atoms with van der Waals surface area (Å²) >= 11 is 0. The van der Waals surface area contributed by atoms with Gasteiger partial charge in [-0.05, 0) is 12.1 Å². The van der Waals surface area contributed by atoms with Crippen LogP contribution in [0.2, 0.25) is 0 Å². The van der Waals surface area contributed by atoms with Gasteiger partial charge in [0.1, 0.15) is 6.26 Å². The van der Waals surface area contributed by atoms with Gasteiger partial charge in [0.2, 0.25) is 0 Å². The van der Waals surface area contributed by atoms with Crippen molar-refractivity contribution in [1.82, 2.24) is 5.16 Å². The Morgan fingerprint density at radius 1 is 1.31 bits per heavy atom. The first kappa shape index (κ1) is 10.2. The number of hydrogen-bond donors (Lipinski definition) is 3. The van der Waals surface area contributed by atoms with Crippen molar-refractivity contribution in [3.05, 3.63) is 42.2 Å². The van der Waals surface area contributed by atoms with E-state index in [4.69, 9.17) is 5.84 Å². The highest BCUT2D eigenvalue weighted by molar-refractivity contribution is 6.07. The molecule has 0 saturated heterocycles. The minimum atomic E-state index is -0.303. The van der Waals surface area contributed by atoms with Crippen molar-refractivity contribution < 1.29 is 9.32 Å². The van der Waals surface area contributed by atoms with Crippen molar-refractivity contribution >= 4 is 17.4 Å². The fraction of sp³-hybridized carbons (Fsp3) is 0. The molecule has 0 fully saturated rings. The van der Waals surface area contributed by atoms with Crippen LogP contribution in [0.3, 0.4) is 0 Å². The van der Waals surface area contributed by atoms with E-state index in [0.29, 0.717) is 17.1 Å². The quantitative estimate of drug-likeness (QED) is 0.532. The number of anilines is 2. The Bertz CT molecular complexity index is 481. The SMILES string of the molecule is NNc1ccccc1C(=O)Nc1ccon1. The minimum absolute atomic E-state index is 0.303. The average Bonchev–Trinajstić information content (AvgIpc) is 2.81. The summed E-state index contributed by atoms with van der Waals surface area (Å²) in [5.41, 5.74) is 3.43. The van der Waals surface area contributed by atoms with Gasteiger partial charge in [-0.3, -0.25) is 10.6 Å². The molecular formula is C10H10N4O2. The maximum Gasteiger partial charge on any atom is 0.259 e. The van der Waals surface area contributed by atoms with Crippen molar-refractivity contribution in [3.63, 3.8) is 0 Å². The Hall–Kier alpha value is -2.34. The molecule has 16 heavy (non-hydrogen) atoms. The monoisotopic (exact) mass is 218 g/mol. The Morgan fingerprint density at radius 2 is 2.12 bits per heavy atom. The van der Waals surface area contributed by atoms with Gasteiger partial charge in [-0.2, -0.15) is 0 Å². The Morgan fingerprint density at radius 3 is 2.81 bits per heavy atom. The summed E-state index contributed by atoms with van der Waals surface area (Å²) in [7, 11) is 0. The molecule has 6 heteroatoms. The third kappa shape index (κ3) is 2.01. The Kier molecular flexibility index (Phi) is 2.84. The molecule has 82 valence electrons. The van der Waals surface area contributed by atoms with Crippen LogP contribution in [0.5, 0.6) is 0 Å². The van der Waals surface area contributed by atoms with E-state index in [-0.39, 0.29) is 5.91 Å². The second-order valence-electron chi connectivity index (χ2n) is 3.03. The van der Waals surface area contributed by atoms with Crippen molar-refractivity contribution in [3.8, 4) is 0 Å². The fourth-order valence-electron chi connectivity index (χ4n) is 1.27. The number of aromatic nitrogens is 1. The van der Waals surface area contributed by atoms with E-state index in [1.54, 1.807) is 30.3 Å². The molecule has 0 saturated carbocycles. The number of nitrogens with two attached hydrogens (primary N) is 1. The molecule has 6 nitrogen and oxygen atoms in total. The molecule has 0 radical (unpaired) electrons. The summed E-state index contributed by atoms with van der Waals surface area (Å²) < 4.78 is 4.60. The van der Waals surface area contributed by atoms with Crippen LogP contribution in [-0.4, -0.2) is 11.1 Å². The number of carbonyl (C=O) groups is 1. The number of amides is 1. The lowest BCUT2D eigenvalue weighted by molar-refractivity contribution is 0.102. The first-order valence-electron chi connectivity index (χ1n) is 4.58. The van der Waals surface area contributed by atoms with Crippen molar-refractivity contribution in [2.24, 2.45) is 5.84 Å². The van der Waals surface area contributed by atoms with Gasteiger partial charge in [0.25, 0.3) is 5.91 Å². The largest absolute Gasteiger partial charge is 0.363 e. The predicted octanol–water partition coefficient (Wildman–Crippen LogP) is 1.21. The van der Waals surface area contributed by atoms with E-state index in [0.717, 1.165) is 0 Å². The third-order valence-corrected chi connectivity index (χ3v) is 2.01. The van der Waals surface area contributed by atoms with Gasteiger partial charge in [-0.15, -0.1) is 0 Å². The number of nitrogens with one attached hydrogen (secondary N) is 2. The molecule has 0 aliphatic heterocycles. The molecule has 1 aromatic carbocycles. The zero-order valence-corrected chi connectivity index (χ0v) is 8.31. The summed E-state index contributed by atoms with van der Waals surface area (Å²) in [5.74, 6) is 5.35. The first-order valence-corrected chi connectivity index (χ1v) is 4.58. The number of benzene rings is 1. The van der Waals surface area contributed by atoms with Crippen LogP contribution in [0, 0.1) is 0 Å². The maximum atomic E-state index is 11.8. The van der Waals surface area contributed by atoms with Crippen molar-refractivity contribution in [2.75, 3.05) is 10.7 Å². The molecule has 0 aliphatic rings. The number of hydrogen-bond acceptors (Lipinski definition) is 5. The lowest BCUT2D eigenvalue weighted by Crippen LogP contribution is -2.17. The number of para-hydroxylation sites is 1. The van der Waals surface area contributed by atoms with Crippen LogP contribution in [0.25, 0.3) is 0 Å². The second kappa shape index (κ2) is 4.45. The van der Waals surface area contributed by atoms with Crippen molar-refractivity contribution in [2.45, 2.75) is 0 Å². The standard InChI is InChI=1S/C10H10N4O2/c11-13-8-4-2-1-3-7(8)10(15)12-9-5-6-16-14-9/h1-6,13H,11H2,(H,12,14,15). The molecular weight excluding hydrogens is 208 g/mol. The number of nitrogens with zero attached hydrogens (tertiary/aromatic N) is 1. The lowest BCUT2D eigenvalue weighted by atomic mass is 10.1. The van der Waals surface area contributed by atoms with E-state index in [2.05, 4.69) is 20.4 Å². The highest BCUT2D eigenvalue weighted by Gasteiger charge is 2.11. The van der Waals surface area contributed by atoms with Gasteiger partial charge in [0, 0.05) is 6.07 Å². The molecule has 4 N–H and O–H groups in total. The second-order valence-corrected chi connectivity index (χ2v) is 3.03. The topological polar surface area (TPSA) is 93.2 Å². The molecule has 2 rings (SSSR count). The molecule has 0 aliphatic carbocycles. The van der Waals surface area contributed by atoms with E-state index in [1.165, 1.54) is 6.26 Å². The molecule has 0 bridgehead atoms. The Balaban J connectivity index is 2.21. The molecule has 0 unspecified atom stereocenters. The van der Waals surface area contributed by atoms with E-state index >= 15 is 0 Å². The number of rotatable bonds is 3. The summed E-state index contributed by atoms with van der Waals surface area (Å²) in [6.45, 7) is 0. The maximum absolute atomic E-state index is 11.8. The van der Waals surface area contributed by atoms with Gasteiger partial charge >= 0.3 is 0 Å². The smallest absolute Gasteiger partial charge is 0.259 e. The predicted molar refractivity (Wildman–Crippen MR) is 58.7 cm³/mol. The normalized spacial score (nSPS) is 9.81. The number of nitrogen functional groups attached to an aromatic ring is 1. The Labute approximate surface area is 91.4 Å². The van der Waals surface area contributed by atoms with Gasteiger partial charge in [0.15, 0.2) is 5.82 Å². The van der Waals surface area contributed by atoms with Crippen LogP contribution < -0.4 is 16.6 Å². The fourth-order valence-corrected chi connectivity index (χ4v) is 1.27. The molecule has 2 aromatic rings. The lowest BCUT2D eigenvalue weighted by Gasteiger charge is -2.07. The molecule has 1 aromatic heterocycles. The van der Waals surface area contributed by atoms with Gasteiger partial charge in [0.05, 0.1) is 11.3 Å². The zero-order chi connectivity index (χ0) is 11.4. The van der Waals surface area contributed by atoms with E-state index in [1.807, 2.05) is 0 Å². The van der Waals surface area contributed by atoms with E-state index in [9.17, 15) is 4.79 Å². The number of hydrazine groups is 1. The summed E-state index contributed by atoms with van der Waals surface area (Å²) in [6.07, 6.45) is 1.38. The summed E-state index contributed by atoms with van der Waals surface area (Å²) in [5, 5.41) is 6.15. The summed E-state index contributed by atoms with van der Waals surface area (Å²) in [4.78, 5) is 11.8. The average molecular weight is 218 g/mol. The highest BCUT2D eigenvalue weighted by atomic mass is 16.5. The minimum Gasteiger partial charge on any atom is -0.363 e. The first-order chi connectivity index (χ1) is 7.81. The van der Waals surface area contributed by atoms with Crippen LogP contribution in [0.1, 0.15) is 10.4 Å². The van der Waals surface area contributed by atoms with Gasteiger partial charge in [-0.25, -0.2) is 0 Å². The van der Waals surface area contributed by atoms with Gasteiger partial charge < -0.3 is 15.3 Å². The highest BCUT2D eigenvalue weighted by Crippen LogP contribution is 2.15. The molecule has 0 spiro atoms. The summed E-state index contributed by atoms with van der Waals surface area (Å²) in [6, 6.07) is 8.44. The van der Waals surface area contributed by atoms with E-state index < -0.39 is 0 Å².